The molecule has 0 bridgehead atoms. The van der Waals surface area contributed by atoms with Crippen LogP contribution in [0, 0.1) is 0 Å². The summed E-state index contributed by atoms with van der Waals surface area (Å²) in [7, 11) is 0. The van der Waals surface area contributed by atoms with Crippen molar-refractivity contribution in [2.45, 2.75) is 19.8 Å². The molecule has 2 N–H and O–H groups in total. The molecular formula is C18H18N4O. The SMILES string of the molecule is C=Cc1nc(-c2[nH]ncc2CC(=O)C2=CCC=C2C)[nH]c1C=C. The highest BCUT2D eigenvalue weighted by molar-refractivity contribution is 6.01. The van der Waals surface area contributed by atoms with Crippen LogP contribution < -0.4 is 0 Å². The first-order valence-electron chi connectivity index (χ1n) is 7.42. The van der Waals surface area contributed by atoms with Crippen molar-refractivity contribution >= 4 is 17.9 Å². The molecule has 2 aromatic rings. The highest BCUT2D eigenvalue weighted by Crippen LogP contribution is 2.25. The molecule has 5 nitrogen and oxygen atoms in total. The smallest absolute Gasteiger partial charge is 0.167 e. The zero-order valence-corrected chi connectivity index (χ0v) is 13.0. The first-order valence-corrected chi connectivity index (χ1v) is 7.42. The number of hydrogen-bond donors (Lipinski definition) is 2. The van der Waals surface area contributed by atoms with Gasteiger partial charge in [0.2, 0.25) is 0 Å². The summed E-state index contributed by atoms with van der Waals surface area (Å²) >= 11 is 0. The number of aromatic nitrogens is 4. The molecule has 0 saturated heterocycles. The summed E-state index contributed by atoms with van der Waals surface area (Å²) in [6, 6.07) is 0. The highest BCUT2D eigenvalue weighted by atomic mass is 16.1. The van der Waals surface area contributed by atoms with Gasteiger partial charge in [0.05, 0.1) is 17.6 Å². The zero-order valence-electron chi connectivity index (χ0n) is 13.0. The van der Waals surface area contributed by atoms with E-state index in [0.717, 1.165) is 40.2 Å². The molecule has 0 spiro atoms. The van der Waals surface area contributed by atoms with Crippen molar-refractivity contribution in [3.05, 3.63) is 59.6 Å². The number of imidazole rings is 1. The van der Waals surface area contributed by atoms with E-state index < -0.39 is 0 Å². The molecule has 0 unspecified atom stereocenters. The fourth-order valence-electron chi connectivity index (χ4n) is 2.71. The molecule has 2 aromatic heterocycles. The first kappa shape index (κ1) is 15.0. The molecule has 0 fully saturated rings. The summed E-state index contributed by atoms with van der Waals surface area (Å²) < 4.78 is 0. The van der Waals surface area contributed by atoms with Gasteiger partial charge in [-0.25, -0.2) is 4.98 Å². The molecule has 3 rings (SSSR count). The summed E-state index contributed by atoms with van der Waals surface area (Å²) in [5.41, 5.74) is 4.89. The van der Waals surface area contributed by atoms with Crippen LogP contribution in [0.4, 0.5) is 0 Å². The van der Waals surface area contributed by atoms with Gasteiger partial charge in [0.1, 0.15) is 5.69 Å². The van der Waals surface area contributed by atoms with Crippen LogP contribution in [0.15, 0.2) is 42.7 Å². The van der Waals surface area contributed by atoms with Crippen molar-refractivity contribution in [3.63, 3.8) is 0 Å². The van der Waals surface area contributed by atoms with E-state index in [1.54, 1.807) is 18.3 Å². The van der Waals surface area contributed by atoms with Crippen LogP contribution in [0.2, 0.25) is 0 Å². The third-order valence-corrected chi connectivity index (χ3v) is 3.94. The zero-order chi connectivity index (χ0) is 16.4. The lowest BCUT2D eigenvalue weighted by Crippen LogP contribution is -2.06. The monoisotopic (exact) mass is 306 g/mol. The van der Waals surface area contributed by atoms with Crippen LogP contribution >= 0.6 is 0 Å². The Balaban J connectivity index is 1.89. The van der Waals surface area contributed by atoms with Gasteiger partial charge in [0.15, 0.2) is 11.6 Å². The first-order chi connectivity index (χ1) is 11.1. The van der Waals surface area contributed by atoms with Gasteiger partial charge in [-0.1, -0.05) is 25.3 Å². The average molecular weight is 306 g/mol. The summed E-state index contributed by atoms with van der Waals surface area (Å²) in [6.07, 6.45) is 10.2. The van der Waals surface area contributed by atoms with E-state index in [2.05, 4.69) is 39.4 Å². The fraction of sp³-hybridized carbons (Fsp3) is 0.167. The van der Waals surface area contributed by atoms with E-state index in [0.29, 0.717) is 5.82 Å². The summed E-state index contributed by atoms with van der Waals surface area (Å²) in [4.78, 5) is 20.1. The lowest BCUT2D eigenvalue weighted by molar-refractivity contribution is -0.114. The van der Waals surface area contributed by atoms with Crippen LogP contribution in [-0.2, 0) is 11.2 Å². The third-order valence-electron chi connectivity index (χ3n) is 3.94. The maximum Gasteiger partial charge on any atom is 0.167 e. The molecule has 1 aliphatic rings. The second-order valence-electron chi connectivity index (χ2n) is 5.40. The van der Waals surface area contributed by atoms with Crippen molar-refractivity contribution in [2.24, 2.45) is 0 Å². The van der Waals surface area contributed by atoms with Crippen LogP contribution in [0.25, 0.3) is 23.7 Å². The van der Waals surface area contributed by atoms with Crippen LogP contribution in [0.1, 0.15) is 30.3 Å². The Kier molecular flexibility index (Phi) is 3.93. The minimum absolute atomic E-state index is 0.0957. The van der Waals surface area contributed by atoms with Gasteiger partial charge >= 0.3 is 0 Å². The van der Waals surface area contributed by atoms with Gasteiger partial charge in [0, 0.05) is 17.6 Å². The molecule has 1 aliphatic carbocycles. The molecule has 0 saturated carbocycles. The number of nitrogens with one attached hydrogen (secondary N) is 2. The Bertz CT molecular complexity index is 823. The van der Waals surface area contributed by atoms with Gasteiger partial charge < -0.3 is 4.98 Å². The van der Waals surface area contributed by atoms with Crippen molar-refractivity contribution in [3.8, 4) is 11.5 Å². The molecule has 0 aliphatic heterocycles. The number of allylic oxidation sites excluding steroid dienone is 4. The number of nitrogens with zero attached hydrogens (tertiary/aromatic N) is 2. The van der Waals surface area contributed by atoms with Gasteiger partial charge in [-0.15, -0.1) is 0 Å². The Hall–Kier alpha value is -2.95. The van der Waals surface area contributed by atoms with E-state index in [1.807, 2.05) is 13.0 Å². The predicted octanol–water partition coefficient (Wildman–Crippen LogP) is 3.47. The van der Waals surface area contributed by atoms with Crippen molar-refractivity contribution in [2.75, 3.05) is 0 Å². The molecule has 0 atom stereocenters. The molecule has 0 radical (unpaired) electrons. The second-order valence-corrected chi connectivity index (χ2v) is 5.40. The Morgan fingerprint density at radius 1 is 1.35 bits per heavy atom. The Morgan fingerprint density at radius 2 is 2.17 bits per heavy atom. The Labute approximate surface area is 134 Å². The number of H-pyrrole nitrogens is 2. The second kappa shape index (κ2) is 6.04. The average Bonchev–Trinajstić information content (AvgIpc) is 3.25. The lowest BCUT2D eigenvalue weighted by atomic mass is 10.0. The van der Waals surface area contributed by atoms with E-state index in [4.69, 9.17) is 0 Å². The van der Waals surface area contributed by atoms with Crippen molar-refractivity contribution < 1.29 is 4.79 Å². The number of aromatic amines is 2. The fourth-order valence-corrected chi connectivity index (χ4v) is 2.71. The standard InChI is InChI=1S/C18H18N4O/c1-4-14-15(5-2)21-18(20-14)17-12(10-19-22-17)9-16(23)13-8-6-7-11(13)3/h4-5,7-8,10H,1-2,6,9H2,3H3,(H,19,22)(H,20,21). The maximum atomic E-state index is 12.5. The molecule has 2 heterocycles. The van der Waals surface area contributed by atoms with E-state index >= 15 is 0 Å². The molecule has 23 heavy (non-hydrogen) atoms. The maximum absolute atomic E-state index is 12.5. The molecular weight excluding hydrogens is 288 g/mol. The largest absolute Gasteiger partial charge is 0.337 e. The van der Waals surface area contributed by atoms with Gasteiger partial charge in [-0.2, -0.15) is 5.10 Å². The van der Waals surface area contributed by atoms with Crippen LogP contribution in [-0.4, -0.2) is 25.9 Å². The number of Topliss-reactive ketones (excluding diaryl/α,β-unsaturated/α-hetero) is 1. The molecule has 0 aromatic carbocycles. The summed E-state index contributed by atoms with van der Waals surface area (Å²) in [5.74, 6) is 0.723. The highest BCUT2D eigenvalue weighted by Gasteiger charge is 2.19. The van der Waals surface area contributed by atoms with E-state index in [9.17, 15) is 4.79 Å². The third kappa shape index (κ3) is 2.73. The number of rotatable bonds is 6. The number of carbonyl (C=O) groups excluding carboxylic acids is 1. The number of ketones is 1. The van der Waals surface area contributed by atoms with Crippen LogP contribution in [0.3, 0.4) is 0 Å². The summed E-state index contributed by atoms with van der Waals surface area (Å²) in [6.45, 7) is 9.46. The van der Waals surface area contributed by atoms with Crippen molar-refractivity contribution in [1.29, 1.82) is 0 Å². The molecule has 116 valence electrons. The lowest BCUT2D eigenvalue weighted by Gasteiger charge is -2.03. The van der Waals surface area contributed by atoms with Crippen molar-refractivity contribution in [1.82, 2.24) is 20.2 Å². The minimum Gasteiger partial charge on any atom is -0.337 e. The topological polar surface area (TPSA) is 74.4 Å². The minimum atomic E-state index is 0.0957. The number of hydrogen-bond acceptors (Lipinski definition) is 3. The predicted molar refractivity (Wildman–Crippen MR) is 91.5 cm³/mol. The van der Waals surface area contributed by atoms with Gasteiger partial charge in [-0.05, 0) is 31.1 Å². The van der Waals surface area contributed by atoms with Crippen LogP contribution in [0.5, 0.6) is 0 Å². The number of carbonyl (C=O) groups is 1. The quantitative estimate of drug-likeness (QED) is 0.858. The van der Waals surface area contributed by atoms with E-state index in [-0.39, 0.29) is 12.2 Å². The van der Waals surface area contributed by atoms with E-state index in [1.165, 1.54) is 0 Å². The Morgan fingerprint density at radius 3 is 2.78 bits per heavy atom. The summed E-state index contributed by atoms with van der Waals surface area (Å²) in [5, 5.41) is 6.98. The molecule has 5 heteroatoms. The normalized spacial score (nSPS) is 13.6. The van der Waals surface area contributed by atoms with Gasteiger partial charge in [0.25, 0.3) is 0 Å². The molecule has 0 amide bonds. The van der Waals surface area contributed by atoms with Gasteiger partial charge in [-0.3, -0.25) is 9.89 Å².